The Morgan fingerprint density at radius 1 is 0.821 bits per heavy atom. The van der Waals surface area contributed by atoms with Gasteiger partial charge in [-0.3, -0.25) is 0 Å². The van der Waals surface area contributed by atoms with Gasteiger partial charge in [-0.25, -0.2) is 4.39 Å². The number of furan rings is 1. The van der Waals surface area contributed by atoms with Crippen molar-refractivity contribution in [3.63, 3.8) is 0 Å². The van der Waals surface area contributed by atoms with Crippen LogP contribution in [0.25, 0.3) is 22.5 Å². The molecule has 0 spiro atoms. The van der Waals surface area contributed by atoms with Crippen molar-refractivity contribution in [1.29, 1.82) is 0 Å². The Labute approximate surface area is 162 Å². The molecule has 0 aliphatic heterocycles. The molecule has 2 aromatic carbocycles. The summed E-state index contributed by atoms with van der Waals surface area (Å²) in [5.74, 6) is 0.0738. The first-order valence-electron chi connectivity index (χ1n) is 9.46. The fourth-order valence-corrected chi connectivity index (χ4v) is 3.23. The van der Waals surface area contributed by atoms with E-state index in [1.54, 1.807) is 24.3 Å². The summed E-state index contributed by atoms with van der Waals surface area (Å²) in [6, 6.07) is 13.5. The van der Waals surface area contributed by atoms with Crippen LogP contribution in [0.1, 0.15) is 43.9 Å². The zero-order valence-electron chi connectivity index (χ0n) is 15.7. The molecule has 0 aliphatic carbocycles. The summed E-state index contributed by atoms with van der Waals surface area (Å²) in [7, 11) is 0. The van der Waals surface area contributed by atoms with Gasteiger partial charge in [0.05, 0.1) is 11.1 Å². The van der Waals surface area contributed by atoms with Crippen molar-refractivity contribution in [3.05, 3.63) is 71.7 Å². The number of benzene rings is 2. The molecule has 1 nitrogen and oxygen atoms in total. The van der Waals surface area contributed by atoms with E-state index in [1.165, 1.54) is 12.1 Å². The van der Waals surface area contributed by atoms with Gasteiger partial charge >= 0.3 is 6.18 Å². The van der Waals surface area contributed by atoms with Crippen molar-refractivity contribution >= 4 is 0 Å². The second-order valence-electron chi connectivity index (χ2n) is 6.80. The minimum Gasteiger partial charge on any atom is -0.457 e. The minimum absolute atomic E-state index is 0.126. The van der Waals surface area contributed by atoms with Crippen molar-refractivity contribution in [2.24, 2.45) is 0 Å². The molecule has 1 aromatic heterocycles. The number of hydrogen-bond acceptors (Lipinski definition) is 1. The monoisotopic (exact) mass is 390 g/mol. The van der Waals surface area contributed by atoms with Crippen molar-refractivity contribution in [1.82, 2.24) is 0 Å². The topological polar surface area (TPSA) is 13.1 Å². The Hall–Kier alpha value is -2.56. The molecule has 0 saturated carbocycles. The van der Waals surface area contributed by atoms with Gasteiger partial charge in [0.2, 0.25) is 0 Å². The number of rotatable bonds is 7. The predicted molar refractivity (Wildman–Crippen MR) is 102 cm³/mol. The van der Waals surface area contributed by atoms with E-state index in [0.29, 0.717) is 23.3 Å². The van der Waals surface area contributed by atoms with Gasteiger partial charge in [-0.1, -0.05) is 68.7 Å². The van der Waals surface area contributed by atoms with E-state index in [4.69, 9.17) is 4.42 Å². The van der Waals surface area contributed by atoms with Gasteiger partial charge in [0, 0.05) is 12.0 Å². The van der Waals surface area contributed by atoms with E-state index in [9.17, 15) is 13.2 Å². The molecule has 148 valence electrons. The second-order valence-corrected chi connectivity index (χ2v) is 6.80. The molecule has 0 radical (unpaired) electrons. The van der Waals surface area contributed by atoms with Crippen molar-refractivity contribution < 1.29 is 22.0 Å². The average Bonchev–Trinajstić information content (AvgIpc) is 3.01. The summed E-state index contributed by atoms with van der Waals surface area (Å²) in [4.78, 5) is 0. The Morgan fingerprint density at radius 3 is 2.11 bits per heavy atom. The van der Waals surface area contributed by atoms with Gasteiger partial charge in [-0.05, 0) is 24.1 Å². The van der Waals surface area contributed by atoms with Crippen LogP contribution in [-0.2, 0) is 12.6 Å². The van der Waals surface area contributed by atoms with Gasteiger partial charge in [0.15, 0.2) is 11.6 Å². The fraction of sp³-hybridized carbons (Fsp3) is 0.304. The highest BCUT2D eigenvalue weighted by atomic mass is 19.4. The molecule has 0 bridgehead atoms. The lowest BCUT2D eigenvalue weighted by Gasteiger charge is -2.08. The quantitative estimate of drug-likeness (QED) is 0.295. The molecule has 3 rings (SSSR count). The van der Waals surface area contributed by atoms with Gasteiger partial charge in [-0.2, -0.15) is 13.2 Å². The molecular formula is C23H22F4O. The highest BCUT2D eigenvalue weighted by molar-refractivity contribution is 5.73. The van der Waals surface area contributed by atoms with E-state index < -0.39 is 17.6 Å². The molecule has 5 heteroatoms. The number of halogens is 4. The molecule has 28 heavy (non-hydrogen) atoms. The molecule has 0 N–H and O–H groups in total. The molecule has 1 heterocycles. The van der Waals surface area contributed by atoms with E-state index in [2.05, 4.69) is 6.92 Å². The summed E-state index contributed by atoms with van der Waals surface area (Å²) in [5.41, 5.74) is 0.493. The highest BCUT2D eigenvalue weighted by Gasteiger charge is 2.30. The first-order chi connectivity index (χ1) is 13.4. The molecular weight excluding hydrogens is 368 g/mol. The lowest BCUT2D eigenvalue weighted by atomic mass is 10.00. The lowest BCUT2D eigenvalue weighted by molar-refractivity contribution is -0.137. The molecule has 0 saturated heterocycles. The minimum atomic E-state index is -4.42. The largest absolute Gasteiger partial charge is 0.457 e. The maximum Gasteiger partial charge on any atom is 0.416 e. The smallest absolute Gasteiger partial charge is 0.416 e. The predicted octanol–water partition coefficient (Wildman–Crippen LogP) is 7.89. The van der Waals surface area contributed by atoms with Gasteiger partial charge < -0.3 is 4.42 Å². The second kappa shape index (κ2) is 8.63. The lowest BCUT2D eigenvalue weighted by Crippen LogP contribution is -2.04. The summed E-state index contributed by atoms with van der Waals surface area (Å²) >= 11 is 0. The van der Waals surface area contributed by atoms with Crippen LogP contribution in [0, 0.1) is 5.82 Å². The maximum absolute atomic E-state index is 15.3. The summed E-state index contributed by atoms with van der Waals surface area (Å²) < 4.78 is 59.7. The van der Waals surface area contributed by atoms with E-state index in [0.717, 1.165) is 37.8 Å². The zero-order chi connectivity index (χ0) is 20.1. The number of aryl methyl sites for hydroxylation is 1. The van der Waals surface area contributed by atoms with Crippen molar-refractivity contribution in [3.8, 4) is 22.5 Å². The average molecular weight is 390 g/mol. The molecule has 0 amide bonds. The van der Waals surface area contributed by atoms with Crippen LogP contribution < -0.4 is 0 Å². The van der Waals surface area contributed by atoms with Gasteiger partial charge in [0.25, 0.3) is 0 Å². The Kier molecular flexibility index (Phi) is 6.22. The fourth-order valence-electron chi connectivity index (χ4n) is 3.23. The standard InChI is InChI=1S/C23H22F4O/c1-2-3-4-8-11-19-20(16-12-14-18(15-13-16)23(25,26)27)21(24)22(28-19)17-9-6-5-7-10-17/h5-7,9-10,12-15H,2-4,8,11H2,1H3. The Morgan fingerprint density at radius 2 is 1.50 bits per heavy atom. The zero-order valence-corrected chi connectivity index (χ0v) is 15.7. The SMILES string of the molecule is CCCCCCc1oc(-c2ccccc2)c(F)c1-c1ccc(C(F)(F)F)cc1. The molecule has 0 aliphatic rings. The number of alkyl halides is 3. The van der Waals surface area contributed by atoms with Gasteiger partial charge in [-0.15, -0.1) is 0 Å². The van der Waals surface area contributed by atoms with Gasteiger partial charge in [0.1, 0.15) is 5.76 Å². The third-order valence-corrected chi connectivity index (χ3v) is 4.72. The van der Waals surface area contributed by atoms with Crippen LogP contribution in [0.2, 0.25) is 0 Å². The normalized spacial score (nSPS) is 11.8. The number of hydrogen-bond donors (Lipinski definition) is 0. The van der Waals surface area contributed by atoms with Crippen LogP contribution in [-0.4, -0.2) is 0 Å². The molecule has 0 atom stereocenters. The highest BCUT2D eigenvalue weighted by Crippen LogP contribution is 2.39. The van der Waals surface area contributed by atoms with Crippen LogP contribution in [0.4, 0.5) is 17.6 Å². The number of unbranched alkanes of at least 4 members (excludes halogenated alkanes) is 3. The third-order valence-electron chi connectivity index (χ3n) is 4.72. The van der Waals surface area contributed by atoms with Crippen molar-refractivity contribution in [2.75, 3.05) is 0 Å². The summed E-state index contributed by atoms with van der Waals surface area (Å²) in [6.45, 7) is 2.10. The molecule has 0 unspecified atom stereocenters. The summed E-state index contributed by atoms with van der Waals surface area (Å²) in [5, 5.41) is 0. The van der Waals surface area contributed by atoms with E-state index in [-0.39, 0.29) is 11.3 Å². The molecule has 0 fully saturated rings. The van der Waals surface area contributed by atoms with Crippen LogP contribution in [0.15, 0.2) is 59.0 Å². The van der Waals surface area contributed by atoms with Crippen LogP contribution in [0.5, 0.6) is 0 Å². The first-order valence-corrected chi connectivity index (χ1v) is 9.46. The Balaban J connectivity index is 2.01. The molecule has 3 aromatic rings. The Bertz CT molecular complexity index is 893. The van der Waals surface area contributed by atoms with E-state index in [1.807, 2.05) is 6.07 Å². The van der Waals surface area contributed by atoms with Crippen molar-refractivity contribution in [2.45, 2.75) is 45.2 Å². The van der Waals surface area contributed by atoms with Crippen LogP contribution in [0.3, 0.4) is 0 Å². The van der Waals surface area contributed by atoms with E-state index >= 15 is 4.39 Å². The van der Waals surface area contributed by atoms with Crippen LogP contribution >= 0.6 is 0 Å². The maximum atomic E-state index is 15.3. The third kappa shape index (κ3) is 4.46. The summed E-state index contributed by atoms with van der Waals surface area (Å²) in [6.07, 6.45) is 0.0955. The first kappa shape index (κ1) is 20.2.